The summed E-state index contributed by atoms with van der Waals surface area (Å²) in [7, 11) is 0. The van der Waals surface area contributed by atoms with Crippen LogP contribution in [0.15, 0.2) is 24.6 Å². The molecule has 1 heterocycles. The van der Waals surface area contributed by atoms with E-state index in [4.69, 9.17) is 15.2 Å². The zero-order valence-electron chi connectivity index (χ0n) is 44.9. The van der Waals surface area contributed by atoms with Gasteiger partial charge in [-0.3, -0.25) is 9.69 Å². The molecular weight excluding hydrogens is 805 g/mol. The fourth-order valence-electron chi connectivity index (χ4n) is 8.38. The van der Waals surface area contributed by atoms with Gasteiger partial charge in [-0.2, -0.15) is 0 Å². The quantitative estimate of drug-likeness (QED) is 0.0313. The third kappa shape index (κ3) is 49.8. The van der Waals surface area contributed by atoms with Gasteiger partial charge in [0.05, 0.1) is 6.61 Å². The molecular formula is C57H116N4O4. The first-order valence-corrected chi connectivity index (χ1v) is 28.0. The lowest BCUT2D eigenvalue weighted by Crippen LogP contribution is -2.35. The number of allylic oxidation sites excluding steroid dienone is 2. The Balaban J connectivity index is -0.00000191. The second-order valence-electron chi connectivity index (χ2n) is 19.3. The number of hydrogen-bond acceptors (Lipinski definition) is 8. The molecule has 0 aromatic heterocycles. The highest BCUT2D eigenvalue weighted by Crippen LogP contribution is 2.21. The van der Waals surface area contributed by atoms with Gasteiger partial charge in [-0.15, -0.1) is 6.58 Å². The van der Waals surface area contributed by atoms with Crippen molar-refractivity contribution < 1.29 is 19.1 Å². The molecule has 0 aliphatic carbocycles. The second-order valence-corrected chi connectivity index (χ2v) is 19.3. The number of hydrogen-bond donors (Lipinski definition) is 3. The minimum atomic E-state index is 0. The number of ketones is 1. The Hall–Kier alpha value is -1.90. The number of esters is 1. The van der Waals surface area contributed by atoms with Gasteiger partial charge in [0.2, 0.25) is 0 Å². The van der Waals surface area contributed by atoms with E-state index in [0.29, 0.717) is 24.9 Å². The van der Waals surface area contributed by atoms with E-state index >= 15 is 0 Å². The normalized spacial score (nSPS) is 14.9. The molecule has 2 atom stereocenters. The van der Waals surface area contributed by atoms with E-state index < -0.39 is 0 Å². The van der Waals surface area contributed by atoms with Gasteiger partial charge in [-0.1, -0.05) is 195 Å². The van der Waals surface area contributed by atoms with Crippen molar-refractivity contribution in [3.63, 3.8) is 0 Å². The SMILES string of the molecule is C=CCCCCCCCCCCC.CCC.CCCCCCCCC(CCCCCCCC)OC(=O)CCCCCCCOC[C@@H]1CC(N/C=C(\N)CC)CN1CCCCCC(C)=O.N. The van der Waals surface area contributed by atoms with E-state index in [1.54, 1.807) is 6.92 Å². The van der Waals surface area contributed by atoms with Crippen LogP contribution in [0.25, 0.3) is 0 Å². The number of carbonyl (C=O) groups is 2. The summed E-state index contributed by atoms with van der Waals surface area (Å²) in [5.74, 6) is 0.303. The van der Waals surface area contributed by atoms with Crippen LogP contribution in [0.4, 0.5) is 0 Å². The third-order valence-electron chi connectivity index (χ3n) is 12.5. The predicted octanol–water partition coefficient (Wildman–Crippen LogP) is 16.8. The molecule has 1 saturated heterocycles. The third-order valence-corrected chi connectivity index (χ3v) is 12.5. The van der Waals surface area contributed by atoms with Crippen molar-refractivity contribution in [1.82, 2.24) is 16.4 Å². The van der Waals surface area contributed by atoms with Crippen LogP contribution in [0.1, 0.15) is 286 Å². The molecule has 0 amide bonds. The molecule has 0 bridgehead atoms. The Labute approximate surface area is 406 Å². The lowest BCUT2D eigenvalue weighted by Gasteiger charge is -2.24. The summed E-state index contributed by atoms with van der Waals surface area (Å²) in [6, 6.07) is 0.817. The molecule has 0 radical (unpaired) electrons. The first-order valence-electron chi connectivity index (χ1n) is 28.0. The van der Waals surface area contributed by atoms with Gasteiger partial charge >= 0.3 is 5.97 Å². The Morgan fingerprint density at radius 3 is 1.63 bits per heavy atom. The zero-order valence-corrected chi connectivity index (χ0v) is 44.9. The molecule has 65 heavy (non-hydrogen) atoms. The van der Waals surface area contributed by atoms with Crippen LogP contribution in [-0.4, -0.2) is 61.1 Å². The summed E-state index contributed by atoms with van der Waals surface area (Å²) < 4.78 is 12.2. The number of Topliss-reactive ketones (excluding diaryl/α,β-unsaturated/α-hetero) is 1. The van der Waals surface area contributed by atoms with Crippen LogP contribution in [0.5, 0.6) is 0 Å². The highest BCUT2D eigenvalue weighted by atomic mass is 16.5. The number of nitrogens with two attached hydrogens (primary N) is 1. The summed E-state index contributed by atoms with van der Waals surface area (Å²) in [6.45, 7) is 22.2. The van der Waals surface area contributed by atoms with Crippen LogP contribution in [-0.2, 0) is 19.1 Å². The molecule has 0 saturated carbocycles. The minimum absolute atomic E-state index is 0. The Kier molecular flexibility index (Phi) is 56.7. The van der Waals surface area contributed by atoms with E-state index in [1.807, 2.05) is 12.3 Å². The first-order chi connectivity index (χ1) is 31.2. The van der Waals surface area contributed by atoms with E-state index in [1.165, 1.54) is 148 Å². The van der Waals surface area contributed by atoms with Gasteiger partial charge < -0.3 is 31.5 Å². The Morgan fingerprint density at radius 1 is 0.662 bits per heavy atom. The fourth-order valence-corrected chi connectivity index (χ4v) is 8.38. The molecule has 1 unspecified atom stereocenters. The highest BCUT2D eigenvalue weighted by Gasteiger charge is 2.31. The average molecular weight is 922 g/mol. The molecule has 6 N–H and O–H groups in total. The second kappa shape index (κ2) is 54.7. The van der Waals surface area contributed by atoms with Crippen molar-refractivity contribution in [2.24, 2.45) is 5.73 Å². The number of carbonyl (C=O) groups excluding carboxylic acids is 2. The Morgan fingerprint density at radius 2 is 1.12 bits per heavy atom. The summed E-state index contributed by atoms with van der Waals surface area (Å²) >= 11 is 0. The highest BCUT2D eigenvalue weighted by molar-refractivity contribution is 5.75. The maximum atomic E-state index is 12.7. The van der Waals surface area contributed by atoms with Crippen molar-refractivity contribution in [2.45, 2.75) is 304 Å². The molecule has 8 nitrogen and oxygen atoms in total. The topological polar surface area (TPSA) is 129 Å². The van der Waals surface area contributed by atoms with Crippen molar-refractivity contribution in [2.75, 3.05) is 26.3 Å². The average Bonchev–Trinajstić information content (AvgIpc) is 3.68. The van der Waals surface area contributed by atoms with E-state index in [9.17, 15) is 9.59 Å². The van der Waals surface area contributed by atoms with Crippen LogP contribution < -0.4 is 17.2 Å². The maximum Gasteiger partial charge on any atom is 0.306 e. The molecule has 0 aromatic carbocycles. The van der Waals surface area contributed by atoms with Crippen LogP contribution in [0, 0.1) is 0 Å². The van der Waals surface area contributed by atoms with E-state index in [2.05, 4.69) is 58.3 Å². The number of ether oxygens (including phenoxy) is 2. The molecule has 388 valence electrons. The fraction of sp³-hybridized carbons (Fsp3) is 0.895. The maximum absolute atomic E-state index is 12.7. The molecule has 0 aromatic rings. The first kappa shape index (κ1) is 67.4. The van der Waals surface area contributed by atoms with Crippen molar-refractivity contribution >= 4 is 11.8 Å². The monoisotopic (exact) mass is 921 g/mol. The Bertz CT molecular complexity index is 1010. The lowest BCUT2D eigenvalue weighted by atomic mass is 10.0. The molecule has 1 rings (SSSR count). The largest absolute Gasteiger partial charge is 0.462 e. The van der Waals surface area contributed by atoms with Gasteiger partial charge in [0.1, 0.15) is 11.9 Å². The summed E-state index contributed by atoms with van der Waals surface area (Å²) in [5, 5.41) is 3.53. The standard InChI is InChI=1S/C41H79N3O4.C13H26.C3H8.H3N/c1-5-8-10-12-15-21-27-40(28-22-16-13-11-9-6-2)48-41(46)29-23-17-14-18-25-31-47-35-39-32-38(43-33-37(42)7-3)34-44(39)30-24-19-20-26-36(4)45;1-3-5-7-9-11-13-12-10-8-6-4-2;1-3-2;/h33,38-40,43H,5-32,34-35,42H2,1-4H3;3H,1,4-13H2,2H3;3H2,1-2H3;1H3/b37-33-;;;/t38?,39-;;;/m0.../s1. The lowest BCUT2D eigenvalue weighted by molar-refractivity contribution is -0.150. The smallest absolute Gasteiger partial charge is 0.306 e. The number of rotatable bonds is 44. The number of nitrogens with one attached hydrogen (secondary N) is 1. The van der Waals surface area contributed by atoms with E-state index in [0.717, 1.165) is 109 Å². The van der Waals surface area contributed by atoms with Crippen molar-refractivity contribution in [1.29, 1.82) is 0 Å². The van der Waals surface area contributed by atoms with Gasteiger partial charge in [0.15, 0.2) is 0 Å². The van der Waals surface area contributed by atoms with Crippen molar-refractivity contribution in [3.8, 4) is 0 Å². The summed E-state index contributed by atoms with van der Waals surface area (Å²) in [6.07, 6.45) is 48.6. The minimum Gasteiger partial charge on any atom is -0.462 e. The summed E-state index contributed by atoms with van der Waals surface area (Å²) in [4.78, 5) is 26.5. The number of nitrogens with zero attached hydrogens (tertiary/aromatic N) is 1. The van der Waals surface area contributed by atoms with Gasteiger partial charge in [-0.25, -0.2) is 0 Å². The summed E-state index contributed by atoms with van der Waals surface area (Å²) in [5.41, 5.74) is 6.91. The van der Waals surface area contributed by atoms with Crippen LogP contribution in [0.2, 0.25) is 0 Å². The van der Waals surface area contributed by atoms with Crippen LogP contribution in [0.3, 0.4) is 0 Å². The molecule has 1 aliphatic heterocycles. The van der Waals surface area contributed by atoms with Crippen molar-refractivity contribution in [3.05, 3.63) is 24.6 Å². The van der Waals surface area contributed by atoms with Gasteiger partial charge in [0, 0.05) is 50.0 Å². The number of unbranched alkanes of at least 4 members (excludes halogenated alkanes) is 25. The van der Waals surface area contributed by atoms with E-state index in [-0.39, 0.29) is 24.0 Å². The number of likely N-dealkylation sites (tertiary alicyclic amines) is 1. The van der Waals surface area contributed by atoms with Gasteiger partial charge in [-0.05, 0) is 90.5 Å². The molecule has 1 aliphatic rings. The zero-order chi connectivity index (χ0) is 47.6. The van der Waals surface area contributed by atoms with Gasteiger partial charge in [0.25, 0.3) is 0 Å². The predicted molar refractivity (Wildman–Crippen MR) is 286 cm³/mol. The molecule has 8 heteroatoms. The molecule has 1 fully saturated rings. The molecule has 0 spiro atoms. The van der Waals surface area contributed by atoms with Crippen LogP contribution >= 0.6 is 0 Å².